The average Bonchev–Trinajstić information content (AvgIpc) is 2.38. The predicted molar refractivity (Wildman–Crippen MR) is 70.7 cm³/mol. The van der Waals surface area contributed by atoms with Crippen LogP contribution in [-0.2, 0) is 10.0 Å². The molecule has 1 fully saturated rings. The maximum absolute atomic E-state index is 12.3. The van der Waals surface area contributed by atoms with E-state index in [9.17, 15) is 21.4 Å². The van der Waals surface area contributed by atoms with Crippen LogP contribution in [0.15, 0.2) is 35.2 Å². The topological polar surface area (TPSA) is 40.6 Å². The van der Waals surface area contributed by atoms with Crippen molar-refractivity contribution in [2.75, 3.05) is 32.6 Å². The first kappa shape index (κ1) is 19.6. The smallest absolute Gasteiger partial charge is 0.448 e. The minimum atomic E-state index is -4.87. The van der Waals surface area contributed by atoms with Gasteiger partial charge in [-0.1, -0.05) is 18.2 Å². The molecule has 0 unspecified atom stereocenters. The molecule has 1 aromatic rings. The number of sulfonamides is 1. The maximum Gasteiger partial charge on any atom is 1.00 e. The molecule has 0 amide bonds. The summed E-state index contributed by atoms with van der Waals surface area (Å²) in [5, 5.41) is 0. The number of halogens is 3. The van der Waals surface area contributed by atoms with Crippen molar-refractivity contribution in [2.45, 2.75) is 4.90 Å². The van der Waals surface area contributed by atoms with Gasteiger partial charge in [0, 0.05) is 26.2 Å². The number of piperazine rings is 1. The van der Waals surface area contributed by atoms with Gasteiger partial charge in [-0.25, -0.2) is 8.42 Å². The third-order valence-corrected chi connectivity index (χ3v) is 5.09. The summed E-state index contributed by atoms with van der Waals surface area (Å²) in [6, 6.07) is 7.92. The monoisotopic (exact) mass is 346 g/mol. The molecule has 1 aromatic carbocycles. The van der Waals surface area contributed by atoms with Crippen molar-refractivity contribution < 1.29 is 72.7 Å². The summed E-state index contributed by atoms with van der Waals surface area (Å²) in [6.07, 6.45) is -0.931. The number of rotatable bonds is 4. The van der Waals surface area contributed by atoms with Gasteiger partial charge in [-0.05, 0) is 18.6 Å². The van der Waals surface area contributed by atoms with Crippen LogP contribution in [0.2, 0.25) is 0 Å². The summed E-state index contributed by atoms with van der Waals surface area (Å²) in [5.41, 5.74) is 0. The normalized spacial score (nSPS) is 18.2. The second-order valence-electron chi connectivity index (χ2n) is 4.73. The molecule has 2 rings (SSSR count). The van der Waals surface area contributed by atoms with Crippen molar-refractivity contribution in [2.24, 2.45) is 0 Å². The summed E-state index contributed by atoms with van der Waals surface area (Å²) in [6.45, 7) is -4.48. The van der Waals surface area contributed by atoms with Gasteiger partial charge in [0.05, 0.1) is 4.90 Å². The number of benzene rings is 1. The fourth-order valence-corrected chi connectivity index (χ4v) is 3.63. The van der Waals surface area contributed by atoms with E-state index < -0.39 is 23.4 Å². The van der Waals surface area contributed by atoms with Gasteiger partial charge in [-0.15, -0.1) is 0 Å². The molecule has 21 heavy (non-hydrogen) atoms. The molecule has 0 aromatic heterocycles. The molecule has 0 saturated carbocycles. The van der Waals surface area contributed by atoms with Crippen LogP contribution in [-0.4, -0.2) is 57.2 Å². The molecule has 10 heteroatoms. The predicted octanol–water partition coefficient (Wildman–Crippen LogP) is -1.62. The summed E-state index contributed by atoms with van der Waals surface area (Å²) in [4.78, 5) is 1.42. The van der Waals surface area contributed by atoms with Gasteiger partial charge in [0.1, 0.15) is 0 Å². The van der Waals surface area contributed by atoms with Gasteiger partial charge in [0.25, 0.3) is 0 Å². The molecule has 1 heterocycles. The van der Waals surface area contributed by atoms with E-state index in [1.54, 1.807) is 18.2 Å². The molecule has 0 radical (unpaired) electrons. The minimum absolute atomic E-state index is 0. The van der Waals surface area contributed by atoms with E-state index in [1.807, 2.05) is 0 Å². The third-order valence-electron chi connectivity index (χ3n) is 3.18. The maximum atomic E-state index is 12.3. The molecule has 0 atom stereocenters. The SMILES string of the molecule is O=S(=O)(c1ccccc1)N1CCN(C[B-](F)(F)F)CC1.[K+]. The molecule has 1 saturated heterocycles. The second kappa shape index (κ2) is 7.91. The molecule has 0 N–H and O–H groups in total. The Morgan fingerprint density at radius 3 is 2.00 bits per heavy atom. The van der Waals surface area contributed by atoms with Gasteiger partial charge < -0.3 is 17.8 Å². The number of hydrogen-bond acceptors (Lipinski definition) is 3. The van der Waals surface area contributed by atoms with Crippen LogP contribution in [0, 0.1) is 0 Å². The molecule has 112 valence electrons. The van der Waals surface area contributed by atoms with Crippen LogP contribution in [0.5, 0.6) is 0 Å². The molecule has 4 nitrogen and oxygen atoms in total. The summed E-state index contributed by atoms with van der Waals surface area (Å²) >= 11 is 0. The van der Waals surface area contributed by atoms with E-state index in [4.69, 9.17) is 0 Å². The van der Waals surface area contributed by atoms with Crippen LogP contribution in [0.3, 0.4) is 0 Å². The fourth-order valence-electron chi connectivity index (χ4n) is 2.19. The summed E-state index contributed by atoms with van der Waals surface area (Å²) in [5.74, 6) is 0. The van der Waals surface area contributed by atoms with Crippen LogP contribution in [0.4, 0.5) is 12.9 Å². The zero-order valence-corrected chi connectivity index (χ0v) is 15.7. The third kappa shape index (κ3) is 5.61. The van der Waals surface area contributed by atoms with Crippen molar-refractivity contribution in [3.8, 4) is 0 Å². The van der Waals surface area contributed by atoms with Crippen LogP contribution >= 0.6 is 0 Å². The fraction of sp³-hybridized carbons (Fsp3) is 0.455. The number of nitrogens with zero attached hydrogens (tertiary/aromatic N) is 2. The first-order valence-corrected chi connectivity index (χ1v) is 7.71. The van der Waals surface area contributed by atoms with E-state index in [0.29, 0.717) is 0 Å². The Kier molecular flexibility index (Phi) is 7.40. The van der Waals surface area contributed by atoms with E-state index in [2.05, 4.69) is 0 Å². The van der Waals surface area contributed by atoms with Crippen molar-refractivity contribution in [1.82, 2.24) is 9.21 Å². The first-order chi connectivity index (χ1) is 9.29. The zero-order chi connectivity index (χ0) is 14.8. The van der Waals surface area contributed by atoms with Gasteiger partial charge in [-0.3, -0.25) is 0 Å². The Morgan fingerprint density at radius 1 is 1.00 bits per heavy atom. The van der Waals surface area contributed by atoms with Crippen molar-refractivity contribution in [3.63, 3.8) is 0 Å². The standard InChI is InChI=1S/C11H15BF3N2O2S.K/c13-12(14,15)10-16-6-8-17(9-7-16)20(18,19)11-4-2-1-3-5-11;/h1-5H,6-10H2;/q-1;+1. The molecular formula is C11H15BF3KN2O2S. The summed E-state index contributed by atoms with van der Waals surface area (Å²) in [7, 11) is -3.60. The zero-order valence-electron chi connectivity index (χ0n) is 11.8. The van der Waals surface area contributed by atoms with E-state index in [0.717, 1.165) is 0 Å². The summed E-state index contributed by atoms with van der Waals surface area (Å²) < 4.78 is 62.8. The average molecular weight is 346 g/mol. The van der Waals surface area contributed by atoms with Gasteiger partial charge in [-0.2, -0.15) is 4.31 Å². The number of hydrogen-bond donors (Lipinski definition) is 0. The van der Waals surface area contributed by atoms with Crippen molar-refractivity contribution in [3.05, 3.63) is 30.3 Å². The quantitative estimate of drug-likeness (QED) is 0.616. The van der Waals surface area contributed by atoms with E-state index in [1.165, 1.54) is 21.3 Å². The Bertz CT molecular complexity index is 548. The first-order valence-electron chi connectivity index (χ1n) is 6.27. The van der Waals surface area contributed by atoms with Gasteiger partial charge >= 0.3 is 58.4 Å². The molecule has 1 aliphatic rings. The van der Waals surface area contributed by atoms with Crippen LogP contribution in [0.1, 0.15) is 0 Å². The molecule has 0 bridgehead atoms. The van der Waals surface area contributed by atoms with Gasteiger partial charge in [0.15, 0.2) is 0 Å². The largest absolute Gasteiger partial charge is 1.00 e. The van der Waals surface area contributed by atoms with E-state index >= 15 is 0 Å². The van der Waals surface area contributed by atoms with Crippen molar-refractivity contribution in [1.29, 1.82) is 0 Å². The van der Waals surface area contributed by atoms with Crippen molar-refractivity contribution >= 4 is 17.0 Å². The molecule has 0 aliphatic carbocycles. The Labute approximate surface area is 165 Å². The van der Waals surface area contributed by atoms with Gasteiger partial charge in [0.2, 0.25) is 10.0 Å². The minimum Gasteiger partial charge on any atom is -0.448 e. The molecular weight excluding hydrogens is 331 g/mol. The van der Waals surface area contributed by atoms with E-state index in [-0.39, 0.29) is 82.5 Å². The Morgan fingerprint density at radius 2 is 1.52 bits per heavy atom. The molecule has 0 spiro atoms. The Balaban J connectivity index is 0.00000220. The van der Waals surface area contributed by atoms with Crippen LogP contribution < -0.4 is 51.4 Å². The second-order valence-corrected chi connectivity index (χ2v) is 6.67. The molecule has 1 aliphatic heterocycles. The van der Waals surface area contributed by atoms with Crippen LogP contribution in [0.25, 0.3) is 0 Å². The Hall–Kier alpha value is 0.581.